The number of aliphatic hydroxyl groups excluding tert-OH is 1. The highest BCUT2D eigenvalue weighted by atomic mass is 19.1. The molecule has 1 amide bonds. The smallest absolute Gasteiger partial charge is 0.251 e. The number of aryl methyl sites for hydroxylation is 1. The molecule has 0 bridgehead atoms. The van der Waals surface area contributed by atoms with Crippen molar-refractivity contribution in [3.8, 4) is 0 Å². The van der Waals surface area contributed by atoms with Crippen LogP contribution in [0.2, 0.25) is 0 Å². The van der Waals surface area contributed by atoms with Gasteiger partial charge in [0, 0.05) is 12.1 Å². The number of halogens is 1. The standard InChI is InChI=1S/C13H18FNO2/c1-3-11(16)6-7-15-13(17)10-5-4-9(2)12(14)8-10/h4-5,8,11,16H,3,6-7H2,1-2H3,(H,15,17). The van der Waals surface area contributed by atoms with E-state index in [1.807, 2.05) is 6.92 Å². The van der Waals surface area contributed by atoms with E-state index in [0.29, 0.717) is 30.5 Å². The van der Waals surface area contributed by atoms with Crippen LogP contribution in [-0.4, -0.2) is 23.7 Å². The molecule has 0 aliphatic heterocycles. The first kappa shape index (κ1) is 13.6. The third kappa shape index (κ3) is 4.15. The van der Waals surface area contributed by atoms with Crippen molar-refractivity contribution in [3.63, 3.8) is 0 Å². The molecule has 3 nitrogen and oxygen atoms in total. The molecule has 1 rings (SSSR count). The van der Waals surface area contributed by atoms with Crippen molar-refractivity contribution in [1.82, 2.24) is 5.32 Å². The molecule has 1 atom stereocenters. The van der Waals surface area contributed by atoms with Crippen molar-refractivity contribution < 1.29 is 14.3 Å². The van der Waals surface area contributed by atoms with Gasteiger partial charge in [-0.25, -0.2) is 4.39 Å². The van der Waals surface area contributed by atoms with Gasteiger partial charge in [0.15, 0.2) is 0 Å². The van der Waals surface area contributed by atoms with E-state index >= 15 is 0 Å². The summed E-state index contributed by atoms with van der Waals surface area (Å²) in [6, 6.07) is 4.38. The molecule has 0 saturated carbocycles. The summed E-state index contributed by atoms with van der Waals surface area (Å²) in [5.74, 6) is -0.696. The number of carbonyl (C=O) groups excluding carboxylic acids is 1. The molecule has 1 unspecified atom stereocenters. The predicted molar refractivity (Wildman–Crippen MR) is 64.4 cm³/mol. The second-order valence-electron chi connectivity index (χ2n) is 4.07. The van der Waals surface area contributed by atoms with Crippen molar-refractivity contribution in [2.75, 3.05) is 6.54 Å². The van der Waals surface area contributed by atoms with Gasteiger partial charge in [0.1, 0.15) is 5.82 Å². The predicted octanol–water partition coefficient (Wildman–Crippen LogP) is 2.02. The Bertz CT molecular complexity index is 393. The first-order chi connectivity index (χ1) is 8.04. The van der Waals surface area contributed by atoms with Crippen molar-refractivity contribution >= 4 is 5.91 Å². The van der Waals surface area contributed by atoms with E-state index in [2.05, 4.69) is 5.32 Å². The zero-order chi connectivity index (χ0) is 12.8. The molecule has 0 fully saturated rings. The van der Waals surface area contributed by atoms with E-state index in [1.54, 1.807) is 19.1 Å². The first-order valence-corrected chi connectivity index (χ1v) is 5.77. The summed E-state index contributed by atoms with van der Waals surface area (Å²) in [4.78, 5) is 11.6. The van der Waals surface area contributed by atoms with Crippen LogP contribution < -0.4 is 5.32 Å². The maximum atomic E-state index is 13.2. The number of hydrogen-bond donors (Lipinski definition) is 2. The molecule has 0 aliphatic carbocycles. The monoisotopic (exact) mass is 239 g/mol. The Hall–Kier alpha value is -1.42. The van der Waals surface area contributed by atoms with Crippen LogP contribution in [0.5, 0.6) is 0 Å². The van der Waals surface area contributed by atoms with E-state index < -0.39 is 6.10 Å². The molecule has 4 heteroatoms. The Morgan fingerprint density at radius 2 is 2.24 bits per heavy atom. The third-order valence-corrected chi connectivity index (χ3v) is 2.67. The molecule has 0 aliphatic rings. The zero-order valence-electron chi connectivity index (χ0n) is 10.2. The molecule has 0 aromatic heterocycles. The van der Waals surface area contributed by atoms with Gasteiger partial charge in [-0.05, 0) is 37.5 Å². The van der Waals surface area contributed by atoms with Gasteiger partial charge >= 0.3 is 0 Å². The van der Waals surface area contributed by atoms with Crippen molar-refractivity contribution in [2.24, 2.45) is 0 Å². The lowest BCUT2D eigenvalue weighted by atomic mass is 10.1. The number of benzene rings is 1. The van der Waals surface area contributed by atoms with Crippen molar-refractivity contribution in [1.29, 1.82) is 0 Å². The third-order valence-electron chi connectivity index (χ3n) is 2.67. The van der Waals surface area contributed by atoms with Crippen LogP contribution in [0.3, 0.4) is 0 Å². The Balaban J connectivity index is 2.50. The fourth-order valence-corrected chi connectivity index (χ4v) is 1.39. The second-order valence-corrected chi connectivity index (χ2v) is 4.07. The van der Waals surface area contributed by atoms with Gasteiger partial charge in [0.05, 0.1) is 6.10 Å². The maximum absolute atomic E-state index is 13.2. The normalized spacial score (nSPS) is 12.2. The highest BCUT2D eigenvalue weighted by molar-refractivity contribution is 5.94. The molecule has 0 heterocycles. The Kier molecular flexibility index (Phi) is 5.10. The van der Waals surface area contributed by atoms with Crippen LogP contribution >= 0.6 is 0 Å². The minimum atomic E-state index is -0.398. The second kappa shape index (κ2) is 6.35. The van der Waals surface area contributed by atoms with Gasteiger partial charge in [-0.15, -0.1) is 0 Å². The van der Waals surface area contributed by atoms with Gasteiger partial charge in [-0.3, -0.25) is 4.79 Å². The highest BCUT2D eigenvalue weighted by Crippen LogP contribution is 2.09. The van der Waals surface area contributed by atoms with Crippen LogP contribution in [0.1, 0.15) is 35.7 Å². The van der Waals surface area contributed by atoms with Gasteiger partial charge in [0.2, 0.25) is 0 Å². The SMILES string of the molecule is CCC(O)CCNC(=O)c1ccc(C)c(F)c1. The van der Waals surface area contributed by atoms with Gasteiger partial charge < -0.3 is 10.4 Å². The lowest BCUT2D eigenvalue weighted by molar-refractivity contribution is 0.0941. The molecule has 0 spiro atoms. The molecule has 17 heavy (non-hydrogen) atoms. The first-order valence-electron chi connectivity index (χ1n) is 5.77. The number of nitrogens with one attached hydrogen (secondary N) is 1. The number of amides is 1. The van der Waals surface area contributed by atoms with E-state index in [4.69, 9.17) is 0 Å². The average Bonchev–Trinajstić information content (AvgIpc) is 2.32. The number of carbonyl (C=O) groups is 1. The summed E-state index contributed by atoms with van der Waals surface area (Å²) < 4.78 is 13.2. The summed E-state index contributed by atoms with van der Waals surface area (Å²) in [6.07, 6.45) is 0.774. The van der Waals surface area contributed by atoms with Crippen LogP contribution in [0, 0.1) is 12.7 Å². The van der Waals surface area contributed by atoms with Gasteiger partial charge in [0.25, 0.3) is 5.91 Å². The van der Waals surface area contributed by atoms with Crippen LogP contribution in [0.25, 0.3) is 0 Å². The molecule has 2 N–H and O–H groups in total. The lowest BCUT2D eigenvalue weighted by Gasteiger charge is -2.09. The van der Waals surface area contributed by atoms with E-state index in [1.165, 1.54) is 6.07 Å². The molecule has 94 valence electrons. The average molecular weight is 239 g/mol. The zero-order valence-corrected chi connectivity index (χ0v) is 10.2. The topological polar surface area (TPSA) is 49.3 Å². The van der Waals surface area contributed by atoms with Crippen molar-refractivity contribution in [3.05, 3.63) is 35.1 Å². The van der Waals surface area contributed by atoms with Crippen LogP contribution in [0.4, 0.5) is 4.39 Å². The minimum absolute atomic E-state index is 0.305. The molecule has 0 saturated heterocycles. The quantitative estimate of drug-likeness (QED) is 0.826. The number of rotatable bonds is 5. The molecular weight excluding hydrogens is 221 g/mol. The summed E-state index contributed by atoms with van der Waals surface area (Å²) >= 11 is 0. The summed E-state index contributed by atoms with van der Waals surface area (Å²) in [5, 5.41) is 12.0. The Labute approximate surface area is 101 Å². The largest absolute Gasteiger partial charge is 0.393 e. The van der Waals surface area contributed by atoms with Gasteiger partial charge in [-0.1, -0.05) is 13.0 Å². The Morgan fingerprint density at radius 1 is 1.53 bits per heavy atom. The fourth-order valence-electron chi connectivity index (χ4n) is 1.39. The van der Waals surface area contributed by atoms with E-state index in [0.717, 1.165) is 0 Å². The highest BCUT2D eigenvalue weighted by Gasteiger charge is 2.08. The minimum Gasteiger partial charge on any atom is -0.393 e. The summed E-state index contributed by atoms with van der Waals surface area (Å²) in [6.45, 7) is 3.92. The molecule has 1 aromatic rings. The van der Waals surface area contributed by atoms with Crippen LogP contribution in [0.15, 0.2) is 18.2 Å². The number of hydrogen-bond acceptors (Lipinski definition) is 2. The molecule has 0 radical (unpaired) electrons. The summed E-state index contributed by atoms with van der Waals surface area (Å²) in [7, 11) is 0. The van der Waals surface area contributed by atoms with Crippen LogP contribution in [-0.2, 0) is 0 Å². The van der Waals surface area contributed by atoms with Crippen molar-refractivity contribution in [2.45, 2.75) is 32.8 Å². The maximum Gasteiger partial charge on any atom is 0.251 e. The van der Waals surface area contributed by atoms with E-state index in [-0.39, 0.29) is 11.7 Å². The fraction of sp³-hybridized carbons (Fsp3) is 0.462. The lowest BCUT2D eigenvalue weighted by Crippen LogP contribution is -2.27. The summed E-state index contributed by atoms with van der Waals surface area (Å²) in [5.41, 5.74) is 0.821. The van der Waals surface area contributed by atoms with E-state index in [9.17, 15) is 14.3 Å². The molecule has 1 aromatic carbocycles. The van der Waals surface area contributed by atoms with Gasteiger partial charge in [-0.2, -0.15) is 0 Å². The number of aliphatic hydroxyl groups is 1. The Morgan fingerprint density at radius 3 is 2.82 bits per heavy atom. The molecular formula is C13H18FNO2.